The Labute approximate surface area is 127 Å². The standard InChI is InChI=1S/C17H17BrO2/c1-20-14-7-6-12-8-9-17(19,15(12)10-14)11-13-4-2-3-5-16(13)18/h2-7,10,19H,8-9,11H2,1H3. The molecular formula is C17H17BrO2. The van der Waals surface area contributed by atoms with Crippen LogP contribution in [0.3, 0.4) is 0 Å². The van der Waals surface area contributed by atoms with Crippen molar-refractivity contribution in [3.63, 3.8) is 0 Å². The molecule has 0 saturated carbocycles. The first kappa shape index (κ1) is 13.7. The van der Waals surface area contributed by atoms with E-state index in [0.717, 1.165) is 34.2 Å². The van der Waals surface area contributed by atoms with Gasteiger partial charge in [-0.15, -0.1) is 0 Å². The molecule has 3 rings (SSSR count). The lowest BCUT2D eigenvalue weighted by Crippen LogP contribution is -2.25. The minimum absolute atomic E-state index is 0.620. The summed E-state index contributed by atoms with van der Waals surface area (Å²) < 4.78 is 6.33. The summed E-state index contributed by atoms with van der Waals surface area (Å²) in [5, 5.41) is 11.1. The summed E-state index contributed by atoms with van der Waals surface area (Å²) in [6.07, 6.45) is 2.30. The van der Waals surface area contributed by atoms with Crippen molar-refractivity contribution in [1.82, 2.24) is 0 Å². The van der Waals surface area contributed by atoms with Gasteiger partial charge < -0.3 is 9.84 Å². The van der Waals surface area contributed by atoms with Gasteiger partial charge in [0.15, 0.2) is 0 Å². The second-order valence-corrected chi connectivity index (χ2v) is 6.18. The van der Waals surface area contributed by atoms with E-state index in [4.69, 9.17) is 4.74 Å². The molecule has 0 amide bonds. The molecule has 1 atom stereocenters. The van der Waals surface area contributed by atoms with Gasteiger partial charge in [-0.3, -0.25) is 0 Å². The van der Waals surface area contributed by atoms with E-state index >= 15 is 0 Å². The molecule has 0 aromatic heterocycles. The van der Waals surface area contributed by atoms with Crippen molar-refractivity contribution in [2.24, 2.45) is 0 Å². The molecule has 0 radical (unpaired) electrons. The predicted octanol–water partition coefficient (Wildman–Crippen LogP) is 3.83. The molecule has 2 aromatic carbocycles. The molecule has 0 heterocycles. The minimum Gasteiger partial charge on any atom is -0.497 e. The third-order valence-corrected chi connectivity index (χ3v) is 4.84. The number of hydrogen-bond donors (Lipinski definition) is 1. The number of methoxy groups -OCH3 is 1. The van der Waals surface area contributed by atoms with Crippen molar-refractivity contribution in [2.75, 3.05) is 7.11 Å². The molecule has 1 aliphatic rings. The van der Waals surface area contributed by atoms with Crippen LogP contribution in [0.25, 0.3) is 0 Å². The Kier molecular flexibility index (Phi) is 3.57. The van der Waals surface area contributed by atoms with E-state index in [1.807, 2.05) is 30.3 Å². The third-order valence-electron chi connectivity index (χ3n) is 4.07. The molecule has 1 N–H and O–H groups in total. The Hall–Kier alpha value is -1.32. The normalized spacial score (nSPS) is 20.8. The number of aryl methyl sites for hydroxylation is 1. The van der Waals surface area contributed by atoms with Crippen molar-refractivity contribution in [3.05, 3.63) is 63.6 Å². The van der Waals surface area contributed by atoms with Crippen LogP contribution in [-0.2, 0) is 18.4 Å². The monoisotopic (exact) mass is 332 g/mol. The first-order valence-corrected chi connectivity index (χ1v) is 7.55. The number of hydrogen-bond acceptors (Lipinski definition) is 2. The smallest absolute Gasteiger partial charge is 0.119 e. The summed E-state index contributed by atoms with van der Waals surface area (Å²) in [6.45, 7) is 0. The molecule has 0 aliphatic heterocycles. The molecule has 2 aromatic rings. The molecule has 0 saturated heterocycles. The summed E-state index contributed by atoms with van der Waals surface area (Å²) in [5.41, 5.74) is 2.56. The Morgan fingerprint density at radius 1 is 1.25 bits per heavy atom. The zero-order chi connectivity index (χ0) is 14.2. The maximum atomic E-state index is 11.1. The van der Waals surface area contributed by atoms with Crippen LogP contribution in [0.15, 0.2) is 46.9 Å². The van der Waals surface area contributed by atoms with Crippen LogP contribution in [0.1, 0.15) is 23.1 Å². The fourth-order valence-electron chi connectivity index (χ4n) is 2.95. The summed E-state index contributed by atoms with van der Waals surface area (Å²) in [6, 6.07) is 14.1. The number of aliphatic hydroxyl groups is 1. The molecule has 0 fully saturated rings. The maximum Gasteiger partial charge on any atom is 0.119 e. The van der Waals surface area contributed by atoms with Crippen molar-refractivity contribution in [3.8, 4) is 5.75 Å². The van der Waals surface area contributed by atoms with Crippen LogP contribution >= 0.6 is 15.9 Å². The summed E-state index contributed by atoms with van der Waals surface area (Å²) in [4.78, 5) is 0. The lowest BCUT2D eigenvalue weighted by Gasteiger charge is -2.25. The van der Waals surface area contributed by atoms with E-state index in [2.05, 4.69) is 28.1 Å². The number of ether oxygens (including phenoxy) is 1. The topological polar surface area (TPSA) is 29.5 Å². The first-order chi connectivity index (χ1) is 9.62. The van der Waals surface area contributed by atoms with Gasteiger partial charge >= 0.3 is 0 Å². The van der Waals surface area contributed by atoms with Crippen LogP contribution in [0.2, 0.25) is 0 Å². The van der Waals surface area contributed by atoms with Crippen molar-refractivity contribution < 1.29 is 9.84 Å². The van der Waals surface area contributed by atoms with Crippen molar-refractivity contribution >= 4 is 15.9 Å². The van der Waals surface area contributed by atoms with Crippen LogP contribution in [0.4, 0.5) is 0 Å². The average molecular weight is 333 g/mol. The first-order valence-electron chi connectivity index (χ1n) is 6.75. The molecule has 2 nitrogen and oxygen atoms in total. The summed E-state index contributed by atoms with van der Waals surface area (Å²) in [5.74, 6) is 0.802. The Balaban J connectivity index is 1.98. The minimum atomic E-state index is -0.798. The number of benzene rings is 2. The van der Waals surface area contributed by atoms with Crippen LogP contribution in [-0.4, -0.2) is 12.2 Å². The van der Waals surface area contributed by atoms with Gasteiger partial charge in [0, 0.05) is 10.9 Å². The third kappa shape index (κ3) is 2.36. The summed E-state index contributed by atoms with van der Waals surface area (Å²) >= 11 is 3.56. The van der Waals surface area contributed by atoms with Crippen molar-refractivity contribution in [2.45, 2.75) is 24.9 Å². The van der Waals surface area contributed by atoms with E-state index in [1.165, 1.54) is 5.56 Å². The predicted molar refractivity (Wildman–Crippen MR) is 83.1 cm³/mol. The molecule has 3 heteroatoms. The molecule has 0 spiro atoms. The van der Waals surface area contributed by atoms with Gasteiger partial charge in [0.1, 0.15) is 5.75 Å². The van der Waals surface area contributed by atoms with E-state index in [-0.39, 0.29) is 0 Å². The van der Waals surface area contributed by atoms with Gasteiger partial charge in [-0.25, -0.2) is 0 Å². The van der Waals surface area contributed by atoms with Gasteiger partial charge in [0.05, 0.1) is 12.7 Å². The highest BCUT2D eigenvalue weighted by molar-refractivity contribution is 9.10. The van der Waals surface area contributed by atoms with E-state index in [9.17, 15) is 5.11 Å². The molecule has 0 bridgehead atoms. The Bertz CT molecular complexity index is 639. The second kappa shape index (κ2) is 5.23. The zero-order valence-corrected chi connectivity index (χ0v) is 13.0. The van der Waals surface area contributed by atoms with E-state index < -0.39 is 5.60 Å². The maximum absolute atomic E-state index is 11.1. The lowest BCUT2D eigenvalue weighted by atomic mass is 9.88. The molecular weight excluding hydrogens is 316 g/mol. The zero-order valence-electron chi connectivity index (χ0n) is 11.4. The van der Waals surface area contributed by atoms with Crippen LogP contribution < -0.4 is 4.74 Å². The molecule has 1 aliphatic carbocycles. The van der Waals surface area contributed by atoms with Crippen LogP contribution in [0.5, 0.6) is 5.75 Å². The molecule has 20 heavy (non-hydrogen) atoms. The second-order valence-electron chi connectivity index (χ2n) is 5.32. The SMILES string of the molecule is COc1ccc2c(c1)C(O)(Cc1ccccc1Br)CC2. The number of rotatable bonds is 3. The van der Waals surface area contributed by atoms with Gasteiger partial charge in [-0.1, -0.05) is 40.2 Å². The highest BCUT2D eigenvalue weighted by Gasteiger charge is 2.37. The van der Waals surface area contributed by atoms with Gasteiger partial charge in [-0.2, -0.15) is 0 Å². The average Bonchev–Trinajstić information content (AvgIpc) is 2.78. The fourth-order valence-corrected chi connectivity index (χ4v) is 3.38. The number of halogens is 1. The molecule has 104 valence electrons. The molecule has 1 unspecified atom stereocenters. The van der Waals surface area contributed by atoms with Gasteiger partial charge in [-0.05, 0) is 47.7 Å². The Morgan fingerprint density at radius 3 is 2.80 bits per heavy atom. The van der Waals surface area contributed by atoms with Crippen LogP contribution in [0, 0.1) is 0 Å². The number of fused-ring (bicyclic) bond motifs is 1. The van der Waals surface area contributed by atoms with Gasteiger partial charge in [0.25, 0.3) is 0 Å². The largest absolute Gasteiger partial charge is 0.497 e. The fraction of sp³-hybridized carbons (Fsp3) is 0.294. The van der Waals surface area contributed by atoms with Gasteiger partial charge in [0.2, 0.25) is 0 Å². The van der Waals surface area contributed by atoms with E-state index in [1.54, 1.807) is 7.11 Å². The van der Waals surface area contributed by atoms with E-state index in [0.29, 0.717) is 6.42 Å². The summed E-state index contributed by atoms with van der Waals surface area (Å²) in [7, 11) is 1.66. The lowest BCUT2D eigenvalue weighted by molar-refractivity contribution is 0.0386. The quantitative estimate of drug-likeness (QED) is 0.925. The Morgan fingerprint density at radius 2 is 2.05 bits per heavy atom. The highest BCUT2D eigenvalue weighted by atomic mass is 79.9. The van der Waals surface area contributed by atoms with Crippen molar-refractivity contribution in [1.29, 1.82) is 0 Å². The highest BCUT2D eigenvalue weighted by Crippen LogP contribution is 2.41.